The lowest BCUT2D eigenvalue weighted by Gasteiger charge is -2.25. The zero-order chi connectivity index (χ0) is 17.6. The van der Waals surface area contributed by atoms with Crippen LogP contribution >= 0.6 is 0 Å². The van der Waals surface area contributed by atoms with Crippen LogP contribution in [0.1, 0.15) is 31.9 Å². The van der Waals surface area contributed by atoms with Gasteiger partial charge in [-0.25, -0.2) is 4.79 Å². The van der Waals surface area contributed by atoms with Crippen LogP contribution in [0.3, 0.4) is 0 Å². The molecule has 6 heteroatoms. The highest BCUT2D eigenvalue weighted by atomic mass is 16.6. The van der Waals surface area contributed by atoms with Crippen LogP contribution in [0.5, 0.6) is 0 Å². The first kappa shape index (κ1) is 19.0. The summed E-state index contributed by atoms with van der Waals surface area (Å²) in [4.78, 5) is 25.7. The highest BCUT2D eigenvalue weighted by Crippen LogP contribution is 2.10. The van der Waals surface area contributed by atoms with Crippen molar-refractivity contribution in [3.63, 3.8) is 0 Å². The molecule has 0 radical (unpaired) electrons. The highest BCUT2D eigenvalue weighted by Gasteiger charge is 2.25. The van der Waals surface area contributed by atoms with Crippen LogP contribution in [0.25, 0.3) is 0 Å². The van der Waals surface area contributed by atoms with E-state index in [0.29, 0.717) is 13.0 Å². The van der Waals surface area contributed by atoms with Crippen molar-refractivity contribution in [1.82, 2.24) is 10.2 Å². The molecular formula is C17H27N3O3. The summed E-state index contributed by atoms with van der Waals surface area (Å²) in [5.74, 6) is -0.182. The van der Waals surface area contributed by atoms with Gasteiger partial charge in [0.25, 0.3) is 0 Å². The molecule has 1 atom stereocenters. The number of carbonyl (C=O) groups is 2. The summed E-state index contributed by atoms with van der Waals surface area (Å²) in [5, 5.41) is 2.65. The topological polar surface area (TPSA) is 84.7 Å². The second-order valence-corrected chi connectivity index (χ2v) is 6.66. The molecule has 1 unspecified atom stereocenters. The van der Waals surface area contributed by atoms with Gasteiger partial charge in [-0.2, -0.15) is 0 Å². The average molecular weight is 321 g/mol. The third-order valence-electron chi connectivity index (χ3n) is 3.13. The predicted molar refractivity (Wildman–Crippen MR) is 89.9 cm³/mol. The predicted octanol–water partition coefficient (Wildman–Crippen LogP) is 1.67. The fourth-order valence-electron chi connectivity index (χ4n) is 2.01. The van der Waals surface area contributed by atoms with Gasteiger partial charge in [0.2, 0.25) is 5.91 Å². The summed E-state index contributed by atoms with van der Waals surface area (Å²) in [6.45, 7) is 5.80. The molecule has 1 rings (SSSR count). The first-order valence-electron chi connectivity index (χ1n) is 7.61. The molecule has 0 saturated heterocycles. The molecule has 1 aromatic rings. The van der Waals surface area contributed by atoms with Gasteiger partial charge < -0.3 is 20.7 Å². The molecule has 0 fully saturated rings. The summed E-state index contributed by atoms with van der Waals surface area (Å²) in [5.41, 5.74) is 6.93. The molecule has 0 spiro atoms. The Morgan fingerprint density at radius 2 is 1.70 bits per heavy atom. The van der Waals surface area contributed by atoms with Gasteiger partial charge in [0.1, 0.15) is 11.6 Å². The molecule has 6 nitrogen and oxygen atoms in total. The van der Waals surface area contributed by atoms with Gasteiger partial charge in [0.05, 0.1) is 0 Å². The van der Waals surface area contributed by atoms with Crippen molar-refractivity contribution in [3.05, 3.63) is 35.4 Å². The fraction of sp³-hybridized carbons (Fsp3) is 0.529. The van der Waals surface area contributed by atoms with Crippen molar-refractivity contribution in [3.8, 4) is 0 Å². The second kappa shape index (κ2) is 7.97. The lowest BCUT2D eigenvalue weighted by atomic mass is 10.0. The lowest BCUT2D eigenvalue weighted by Crippen LogP contribution is -2.48. The van der Waals surface area contributed by atoms with Gasteiger partial charge in [-0.15, -0.1) is 0 Å². The molecule has 0 heterocycles. The summed E-state index contributed by atoms with van der Waals surface area (Å²) < 4.78 is 5.24. The largest absolute Gasteiger partial charge is 0.444 e. The number of nitrogens with two attached hydrogens (primary N) is 1. The number of hydrogen-bond acceptors (Lipinski definition) is 4. The number of amides is 2. The van der Waals surface area contributed by atoms with Gasteiger partial charge in [0, 0.05) is 27.1 Å². The number of benzene rings is 1. The third kappa shape index (κ3) is 6.69. The summed E-state index contributed by atoms with van der Waals surface area (Å²) >= 11 is 0. The Morgan fingerprint density at radius 1 is 1.17 bits per heavy atom. The molecule has 0 aliphatic heterocycles. The number of hydrogen-bond donors (Lipinski definition) is 2. The normalized spacial score (nSPS) is 12.4. The molecule has 2 amide bonds. The Balaban J connectivity index is 2.83. The number of alkyl carbamates (subject to hydrolysis) is 1. The van der Waals surface area contributed by atoms with Crippen LogP contribution in [0, 0.1) is 0 Å². The van der Waals surface area contributed by atoms with E-state index in [4.69, 9.17) is 10.5 Å². The second-order valence-electron chi connectivity index (χ2n) is 6.66. The summed E-state index contributed by atoms with van der Waals surface area (Å²) in [6, 6.07) is 6.98. The summed E-state index contributed by atoms with van der Waals surface area (Å²) in [7, 11) is 3.31. The number of rotatable bonds is 5. The highest BCUT2D eigenvalue weighted by molar-refractivity contribution is 5.85. The smallest absolute Gasteiger partial charge is 0.408 e. The molecule has 0 aliphatic rings. The van der Waals surface area contributed by atoms with Crippen LogP contribution in [0.4, 0.5) is 4.79 Å². The van der Waals surface area contributed by atoms with E-state index in [1.807, 2.05) is 24.3 Å². The maximum atomic E-state index is 12.3. The van der Waals surface area contributed by atoms with Crippen molar-refractivity contribution >= 4 is 12.0 Å². The Morgan fingerprint density at radius 3 is 2.13 bits per heavy atom. The molecule has 1 aromatic carbocycles. The van der Waals surface area contributed by atoms with Crippen molar-refractivity contribution in [2.75, 3.05) is 14.1 Å². The minimum Gasteiger partial charge on any atom is -0.444 e. The van der Waals surface area contributed by atoms with E-state index < -0.39 is 17.7 Å². The molecule has 128 valence electrons. The van der Waals surface area contributed by atoms with E-state index in [1.165, 1.54) is 4.90 Å². The van der Waals surface area contributed by atoms with Crippen LogP contribution < -0.4 is 11.1 Å². The van der Waals surface area contributed by atoms with Crippen molar-refractivity contribution < 1.29 is 14.3 Å². The zero-order valence-corrected chi connectivity index (χ0v) is 14.6. The van der Waals surface area contributed by atoms with Crippen molar-refractivity contribution in [2.24, 2.45) is 5.73 Å². The number of nitrogens with zero attached hydrogens (tertiary/aromatic N) is 1. The first-order chi connectivity index (χ1) is 10.6. The molecular weight excluding hydrogens is 294 g/mol. The average Bonchev–Trinajstić information content (AvgIpc) is 2.44. The van der Waals surface area contributed by atoms with Crippen LogP contribution in [0.15, 0.2) is 24.3 Å². The number of likely N-dealkylation sites (N-methyl/N-ethyl adjacent to an activating group) is 1. The van der Waals surface area contributed by atoms with E-state index in [2.05, 4.69) is 5.32 Å². The molecule has 0 aliphatic carbocycles. The number of nitrogens with one attached hydrogen (secondary N) is 1. The van der Waals surface area contributed by atoms with Gasteiger partial charge in [-0.1, -0.05) is 24.3 Å². The Kier molecular flexibility index (Phi) is 6.57. The van der Waals surface area contributed by atoms with Crippen molar-refractivity contribution in [2.45, 2.75) is 45.4 Å². The lowest BCUT2D eigenvalue weighted by molar-refractivity contribution is -0.130. The maximum Gasteiger partial charge on any atom is 0.408 e. The van der Waals surface area contributed by atoms with Crippen LogP contribution in [-0.2, 0) is 22.5 Å². The first-order valence-corrected chi connectivity index (χ1v) is 7.61. The van der Waals surface area contributed by atoms with Gasteiger partial charge in [-0.3, -0.25) is 4.79 Å². The molecule has 23 heavy (non-hydrogen) atoms. The minimum atomic E-state index is -0.677. The standard InChI is InChI=1S/C17H27N3O3/c1-17(2,3)23-16(22)19-14(15(21)20(4)5)10-12-6-8-13(11-18)9-7-12/h6-9,14H,10-11,18H2,1-5H3,(H,19,22). The molecule has 3 N–H and O–H groups in total. The van der Waals surface area contributed by atoms with Crippen molar-refractivity contribution in [1.29, 1.82) is 0 Å². The monoisotopic (exact) mass is 321 g/mol. The molecule has 0 aromatic heterocycles. The fourth-order valence-corrected chi connectivity index (χ4v) is 2.01. The number of ether oxygens (including phenoxy) is 1. The Hall–Kier alpha value is -2.08. The van der Waals surface area contributed by atoms with E-state index in [0.717, 1.165) is 11.1 Å². The quantitative estimate of drug-likeness (QED) is 0.864. The maximum absolute atomic E-state index is 12.3. The van der Waals surface area contributed by atoms with Gasteiger partial charge in [0.15, 0.2) is 0 Å². The van der Waals surface area contributed by atoms with Crippen LogP contribution in [0.2, 0.25) is 0 Å². The molecule has 0 bridgehead atoms. The number of carbonyl (C=O) groups excluding carboxylic acids is 2. The third-order valence-corrected chi connectivity index (χ3v) is 3.13. The summed E-state index contributed by atoms with van der Waals surface area (Å²) in [6.07, 6.45) is -0.211. The Bertz CT molecular complexity index is 533. The Labute approximate surface area is 138 Å². The van der Waals surface area contributed by atoms with E-state index in [1.54, 1.807) is 34.9 Å². The zero-order valence-electron chi connectivity index (χ0n) is 14.6. The van der Waals surface area contributed by atoms with Gasteiger partial charge >= 0.3 is 6.09 Å². The molecule has 0 saturated carbocycles. The van der Waals surface area contributed by atoms with E-state index >= 15 is 0 Å². The van der Waals surface area contributed by atoms with Crippen LogP contribution in [-0.4, -0.2) is 42.6 Å². The minimum absolute atomic E-state index is 0.182. The van der Waals surface area contributed by atoms with E-state index in [9.17, 15) is 9.59 Å². The SMILES string of the molecule is CN(C)C(=O)C(Cc1ccc(CN)cc1)NC(=O)OC(C)(C)C. The van der Waals surface area contributed by atoms with E-state index in [-0.39, 0.29) is 5.91 Å². The van der Waals surface area contributed by atoms with Gasteiger partial charge in [-0.05, 0) is 31.9 Å².